The van der Waals surface area contributed by atoms with Gasteiger partial charge in [-0.05, 0) is 0 Å². The summed E-state index contributed by atoms with van der Waals surface area (Å²) in [5, 5.41) is 0. The van der Waals surface area contributed by atoms with Crippen LogP contribution in [0, 0.1) is 0 Å². The van der Waals surface area contributed by atoms with Gasteiger partial charge in [-0.15, -0.1) is 0 Å². The predicted molar refractivity (Wildman–Crippen MR) is 88.6 cm³/mol. The third-order valence-corrected chi connectivity index (χ3v) is 19.5. The summed E-state index contributed by atoms with van der Waals surface area (Å²) in [7, 11) is 0. The van der Waals surface area contributed by atoms with Crippen LogP contribution in [0.15, 0.2) is 16.7 Å². The van der Waals surface area contributed by atoms with Crippen molar-refractivity contribution in [2.75, 3.05) is 0 Å². The molecule has 0 saturated heterocycles. The van der Waals surface area contributed by atoms with Gasteiger partial charge in [-0.1, -0.05) is 0 Å². The fraction of sp³-hybridized carbons (Fsp3) is 0.706. The molecule has 1 aromatic heterocycles. The molecule has 1 aromatic rings. The second-order valence-electron chi connectivity index (χ2n) is 5.91. The van der Waals surface area contributed by atoms with Crippen molar-refractivity contribution in [1.82, 2.24) is 0 Å². The molecule has 0 atom stereocenters. The molecule has 2 nitrogen and oxygen atoms in total. The van der Waals surface area contributed by atoms with E-state index in [4.69, 9.17) is 4.42 Å². The molecule has 20 heavy (non-hydrogen) atoms. The van der Waals surface area contributed by atoms with E-state index in [1.807, 2.05) is 6.07 Å². The Morgan fingerprint density at radius 3 is 1.90 bits per heavy atom. The molecule has 114 valence electrons. The normalized spacial score (nSPS) is 11.8. The van der Waals surface area contributed by atoms with E-state index in [0.717, 1.165) is 15.6 Å². The Balaban J connectivity index is 3.07. The summed E-state index contributed by atoms with van der Waals surface area (Å²) < 4.78 is 11.1. The van der Waals surface area contributed by atoms with E-state index in [1.165, 1.54) is 51.8 Å². The Morgan fingerprint density at radius 1 is 1.00 bits per heavy atom. The van der Waals surface area contributed by atoms with Crippen LogP contribution < -0.4 is 3.78 Å². The monoisotopic (exact) mass is 386 g/mol. The van der Waals surface area contributed by atoms with E-state index in [9.17, 15) is 4.79 Å². The number of unbranched alkanes of at least 4 members (excludes halogenated alkanes) is 3. The number of carbonyl (C=O) groups is 1. The molecule has 0 aliphatic carbocycles. The minimum atomic E-state index is -2.52. The average Bonchev–Trinajstić information content (AvgIpc) is 2.96. The van der Waals surface area contributed by atoms with Gasteiger partial charge in [-0.2, -0.15) is 0 Å². The number of rotatable bonds is 11. The summed E-state index contributed by atoms with van der Waals surface area (Å²) in [5.41, 5.74) is 0.851. The summed E-state index contributed by atoms with van der Waals surface area (Å²) in [4.78, 5) is 11.3. The van der Waals surface area contributed by atoms with Crippen LogP contribution in [0.5, 0.6) is 0 Å². The number of aldehydes is 1. The molecule has 0 amide bonds. The van der Waals surface area contributed by atoms with Crippen molar-refractivity contribution >= 4 is 28.4 Å². The first-order valence-electron chi connectivity index (χ1n) is 8.27. The third-order valence-electron chi connectivity index (χ3n) is 4.33. The molecule has 0 spiro atoms. The zero-order chi connectivity index (χ0) is 14.8. The summed E-state index contributed by atoms with van der Waals surface area (Å²) in [5.74, 6) is 0. The fourth-order valence-corrected chi connectivity index (χ4v) is 19.1. The van der Waals surface area contributed by atoms with Crippen LogP contribution in [0.1, 0.15) is 69.7 Å². The van der Waals surface area contributed by atoms with Crippen LogP contribution in [-0.4, -0.2) is 24.7 Å². The van der Waals surface area contributed by atoms with Gasteiger partial charge in [0.2, 0.25) is 0 Å². The molecule has 0 aliphatic heterocycles. The van der Waals surface area contributed by atoms with Crippen molar-refractivity contribution in [1.29, 1.82) is 0 Å². The summed E-state index contributed by atoms with van der Waals surface area (Å²) in [6, 6.07) is 1.87. The fourth-order valence-electron chi connectivity index (χ4n) is 3.10. The zero-order valence-corrected chi connectivity index (χ0v) is 16.3. The quantitative estimate of drug-likeness (QED) is 0.390. The molecule has 0 aromatic carbocycles. The maximum atomic E-state index is 11.3. The molecule has 0 N–H and O–H groups in total. The molecule has 0 saturated carbocycles. The van der Waals surface area contributed by atoms with E-state index in [-0.39, 0.29) is 0 Å². The predicted octanol–water partition coefficient (Wildman–Crippen LogP) is 5.15. The first-order chi connectivity index (χ1) is 9.74. The molecule has 0 aliphatic rings. The van der Waals surface area contributed by atoms with E-state index >= 15 is 0 Å². The second-order valence-corrected chi connectivity index (χ2v) is 18.8. The van der Waals surface area contributed by atoms with Crippen molar-refractivity contribution in [3.8, 4) is 0 Å². The second kappa shape index (κ2) is 9.64. The van der Waals surface area contributed by atoms with Crippen molar-refractivity contribution in [2.45, 2.75) is 72.6 Å². The van der Waals surface area contributed by atoms with Crippen LogP contribution >= 0.6 is 0 Å². The molecule has 0 radical (unpaired) electrons. The molecular formula is C17H30O2Sn. The van der Waals surface area contributed by atoms with Crippen LogP contribution in [0.2, 0.25) is 13.3 Å². The van der Waals surface area contributed by atoms with Gasteiger partial charge in [0.05, 0.1) is 0 Å². The Morgan fingerprint density at radius 2 is 1.50 bits per heavy atom. The van der Waals surface area contributed by atoms with E-state index in [0.29, 0.717) is 0 Å². The van der Waals surface area contributed by atoms with Gasteiger partial charge in [0.1, 0.15) is 0 Å². The van der Waals surface area contributed by atoms with E-state index in [2.05, 4.69) is 20.8 Å². The first kappa shape index (κ1) is 17.8. The SMILES string of the molecule is CCC[CH2][Sn]([CH2]CCC)([CH2]CCC)[c]1occc1C=O. The first-order valence-corrected chi connectivity index (χ1v) is 15.7. The standard InChI is InChI=1S/C5H3O2.3C4H9.Sn/c6-3-5-1-2-7-4-5;3*1-3-4-2;/h1-3H;3*1,3-4H2,2H3;. The van der Waals surface area contributed by atoms with Crippen LogP contribution in [0.25, 0.3) is 0 Å². The van der Waals surface area contributed by atoms with Crippen molar-refractivity contribution in [2.24, 2.45) is 0 Å². The van der Waals surface area contributed by atoms with Crippen molar-refractivity contribution < 1.29 is 9.21 Å². The summed E-state index contributed by atoms with van der Waals surface area (Å²) >= 11 is -2.52. The van der Waals surface area contributed by atoms with Gasteiger partial charge in [-0.3, -0.25) is 0 Å². The van der Waals surface area contributed by atoms with Crippen LogP contribution in [-0.2, 0) is 0 Å². The Hall–Kier alpha value is -0.251. The molecule has 3 heteroatoms. The average molecular weight is 385 g/mol. The van der Waals surface area contributed by atoms with Gasteiger partial charge in [0.25, 0.3) is 0 Å². The van der Waals surface area contributed by atoms with Crippen LogP contribution in [0.4, 0.5) is 0 Å². The van der Waals surface area contributed by atoms with Gasteiger partial charge in [0, 0.05) is 0 Å². The summed E-state index contributed by atoms with van der Waals surface area (Å²) in [6.45, 7) is 6.79. The number of carbonyl (C=O) groups excluding carboxylic acids is 1. The Bertz CT molecular complexity index is 362. The molecule has 1 rings (SSSR count). The summed E-state index contributed by atoms with van der Waals surface area (Å²) in [6.07, 6.45) is 10.4. The number of hydrogen-bond donors (Lipinski definition) is 0. The Labute approximate surface area is 128 Å². The number of furan rings is 1. The zero-order valence-electron chi connectivity index (χ0n) is 13.4. The molecule has 1 heterocycles. The van der Waals surface area contributed by atoms with E-state index in [1.54, 1.807) is 6.26 Å². The van der Waals surface area contributed by atoms with Crippen molar-refractivity contribution in [3.05, 3.63) is 17.9 Å². The van der Waals surface area contributed by atoms with Gasteiger partial charge < -0.3 is 0 Å². The van der Waals surface area contributed by atoms with Gasteiger partial charge in [0.15, 0.2) is 0 Å². The third kappa shape index (κ3) is 4.64. The molecule has 0 unspecified atom stereocenters. The molecular weight excluding hydrogens is 355 g/mol. The van der Waals surface area contributed by atoms with E-state index < -0.39 is 18.4 Å². The number of hydrogen-bond acceptors (Lipinski definition) is 2. The van der Waals surface area contributed by atoms with Gasteiger partial charge >= 0.3 is 128 Å². The van der Waals surface area contributed by atoms with Crippen molar-refractivity contribution in [3.63, 3.8) is 0 Å². The topological polar surface area (TPSA) is 30.2 Å². The molecule has 0 bridgehead atoms. The van der Waals surface area contributed by atoms with Gasteiger partial charge in [-0.25, -0.2) is 0 Å². The Kier molecular flexibility index (Phi) is 8.58. The minimum absolute atomic E-state index is 0.851. The molecule has 0 fully saturated rings. The maximum absolute atomic E-state index is 11.3. The van der Waals surface area contributed by atoms with Crippen LogP contribution in [0.3, 0.4) is 0 Å².